The standard InChI is InChI=1S/C30H33FO/c1-3-22-10-13-27(14-11-22)29-20-23(21-32-30(31)4-2)12-19-28(29)26-17-15-25(16-18-26)24-8-6-5-7-9-24/h3,5-9,12,15-20,22,27,30H,1,4,10-11,13-14,21H2,2H3. The van der Waals surface area contributed by atoms with Gasteiger partial charge in [-0.15, -0.1) is 6.58 Å². The van der Waals surface area contributed by atoms with Crippen molar-refractivity contribution in [3.05, 3.63) is 96.6 Å². The van der Waals surface area contributed by atoms with Crippen LogP contribution in [-0.4, -0.2) is 6.36 Å². The van der Waals surface area contributed by atoms with E-state index in [4.69, 9.17) is 4.74 Å². The smallest absolute Gasteiger partial charge is 0.198 e. The van der Waals surface area contributed by atoms with Crippen molar-refractivity contribution in [2.24, 2.45) is 5.92 Å². The molecule has 1 nitrogen and oxygen atoms in total. The molecule has 1 atom stereocenters. The molecule has 4 rings (SSSR count). The highest BCUT2D eigenvalue weighted by Gasteiger charge is 2.23. The van der Waals surface area contributed by atoms with Crippen LogP contribution in [0.2, 0.25) is 0 Å². The quantitative estimate of drug-likeness (QED) is 0.326. The van der Waals surface area contributed by atoms with Crippen LogP contribution in [0, 0.1) is 5.92 Å². The Morgan fingerprint density at radius 2 is 1.56 bits per heavy atom. The van der Waals surface area contributed by atoms with E-state index in [-0.39, 0.29) is 0 Å². The summed E-state index contributed by atoms with van der Waals surface area (Å²) >= 11 is 0. The third-order valence-corrected chi connectivity index (χ3v) is 6.72. The van der Waals surface area contributed by atoms with Crippen molar-refractivity contribution in [2.45, 2.75) is 57.9 Å². The van der Waals surface area contributed by atoms with Crippen LogP contribution in [0.25, 0.3) is 22.3 Å². The maximum Gasteiger partial charge on any atom is 0.198 e. The minimum Gasteiger partial charge on any atom is -0.343 e. The Bertz CT molecular complexity index is 1000. The molecule has 0 amide bonds. The number of allylic oxidation sites excluding steroid dienone is 1. The molecule has 2 heteroatoms. The lowest BCUT2D eigenvalue weighted by Gasteiger charge is -2.29. The third kappa shape index (κ3) is 5.37. The number of halogens is 1. The molecule has 0 radical (unpaired) electrons. The fourth-order valence-electron chi connectivity index (χ4n) is 4.75. The molecule has 166 valence electrons. The highest BCUT2D eigenvalue weighted by atomic mass is 19.1. The van der Waals surface area contributed by atoms with Gasteiger partial charge in [0.15, 0.2) is 6.36 Å². The molecule has 32 heavy (non-hydrogen) atoms. The molecule has 1 aliphatic carbocycles. The van der Waals surface area contributed by atoms with Gasteiger partial charge < -0.3 is 4.74 Å². The van der Waals surface area contributed by atoms with Crippen molar-refractivity contribution in [1.29, 1.82) is 0 Å². The molecule has 3 aromatic rings. The van der Waals surface area contributed by atoms with Crippen LogP contribution in [0.1, 0.15) is 56.1 Å². The molecular formula is C30H33FO. The van der Waals surface area contributed by atoms with Gasteiger partial charge in [0.2, 0.25) is 0 Å². The summed E-state index contributed by atoms with van der Waals surface area (Å²) in [7, 11) is 0. The van der Waals surface area contributed by atoms with Crippen LogP contribution in [0.4, 0.5) is 4.39 Å². The molecule has 0 aromatic heterocycles. The van der Waals surface area contributed by atoms with Crippen LogP contribution >= 0.6 is 0 Å². The highest BCUT2D eigenvalue weighted by Crippen LogP contribution is 2.41. The largest absolute Gasteiger partial charge is 0.343 e. The summed E-state index contributed by atoms with van der Waals surface area (Å²) in [5.74, 6) is 1.14. The van der Waals surface area contributed by atoms with Crippen molar-refractivity contribution < 1.29 is 9.13 Å². The molecule has 0 saturated heterocycles. The average molecular weight is 429 g/mol. The lowest BCUT2D eigenvalue weighted by Crippen LogP contribution is -2.13. The first-order valence-electron chi connectivity index (χ1n) is 11.8. The molecule has 1 fully saturated rings. The number of hydrogen-bond acceptors (Lipinski definition) is 1. The first-order chi connectivity index (χ1) is 15.7. The summed E-state index contributed by atoms with van der Waals surface area (Å²) < 4.78 is 19.0. The monoisotopic (exact) mass is 428 g/mol. The van der Waals surface area contributed by atoms with E-state index < -0.39 is 6.36 Å². The third-order valence-electron chi connectivity index (χ3n) is 6.72. The van der Waals surface area contributed by atoms with E-state index in [9.17, 15) is 4.39 Å². The molecule has 1 unspecified atom stereocenters. The summed E-state index contributed by atoms with van der Waals surface area (Å²) in [6.45, 7) is 6.11. The van der Waals surface area contributed by atoms with Crippen molar-refractivity contribution in [2.75, 3.05) is 0 Å². The topological polar surface area (TPSA) is 9.23 Å². The summed E-state index contributed by atoms with van der Waals surface area (Å²) in [5, 5.41) is 0. The second-order valence-corrected chi connectivity index (χ2v) is 8.84. The molecular weight excluding hydrogens is 395 g/mol. The van der Waals surface area contributed by atoms with Gasteiger partial charge in [-0.1, -0.05) is 85.8 Å². The average Bonchev–Trinajstić information content (AvgIpc) is 2.88. The number of alkyl halides is 1. The molecule has 1 aliphatic rings. The van der Waals surface area contributed by atoms with Gasteiger partial charge in [-0.3, -0.25) is 0 Å². The first kappa shape index (κ1) is 22.5. The maximum atomic E-state index is 13.6. The number of benzene rings is 3. The van der Waals surface area contributed by atoms with E-state index in [2.05, 4.69) is 79.4 Å². The van der Waals surface area contributed by atoms with Gasteiger partial charge in [0.05, 0.1) is 6.61 Å². The Balaban J connectivity index is 1.63. The minimum absolute atomic E-state index is 0.317. The predicted molar refractivity (Wildman–Crippen MR) is 132 cm³/mol. The van der Waals surface area contributed by atoms with E-state index >= 15 is 0 Å². The maximum absolute atomic E-state index is 13.6. The zero-order valence-corrected chi connectivity index (χ0v) is 19.0. The van der Waals surface area contributed by atoms with Crippen LogP contribution < -0.4 is 0 Å². The van der Waals surface area contributed by atoms with Gasteiger partial charge in [0, 0.05) is 6.42 Å². The van der Waals surface area contributed by atoms with Crippen LogP contribution in [0.5, 0.6) is 0 Å². The van der Waals surface area contributed by atoms with Crippen LogP contribution in [-0.2, 0) is 11.3 Å². The Morgan fingerprint density at radius 1 is 0.906 bits per heavy atom. The minimum atomic E-state index is -1.20. The van der Waals surface area contributed by atoms with E-state index in [1.54, 1.807) is 6.92 Å². The molecule has 0 heterocycles. The summed E-state index contributed by atoms with van der Waals surface area (Å²) in [6, 6.07) is 25.9. The fraction of sp³-hybridized carbons (Fsp3) is 0.333. The first-order valence-corrected chi connectivity index (χ1v) is 11.8. The Morgan fingerprint density at radius 3 is 2.22 bits per heavy atom. The lowest BCUT2D eigenvalue weighted by atomic mass is 9.76. The van der Waals surface area contributed by atoms with Gasteiger partial charge >= 0.3 is 0 Å². The highest BCUT2D eigenvalue weighted by molar-refractivity contribution is 5.73. The Hall–Kier alpha value is -2.71. The van der Waals surface area contributed by atoms with Gasteiger partial charge in [0.1, 0.15) is 0 Å². The SMILES string of the molecule is C=CC1CCC(c2cc(COC(F)CC)ccc2-c2ccc(-c3ccccc3)cc2)CC1. The van der Waals surface area contributed by atoms with Gasteiger partial charge in [-0.25, -0.2) is 4.39 Å². The number of hydrogen-bond donors (Lipinski definition) is 0. The lowest BCUT2D eigenvalue weighted by molar-refractivity contribution is -0.0504. The van der Waals surface area contributed by atoms with E-state index in [1.807, 2.05) is 6.07 Å². The van der Waals surface area contributed by atoms with Crippen LogP contribution in [0.3, 0.4) is 0 Å². The summed E-state index contributed by atoms with van der Waals surface area (Å²) in [4.78, 5) is 0. The van der Waals surface area contributed by atoms with E-state index in [0.717, 1.165) is 18.4 Å². The normalized spacial score (nSPS) is 19.4. The molecule has 0 N–H and O–H groups in total. The molecule has 0 bridgehead atoms. The second-order valence-electron chi connectivity index (χ2n) is 8.84. The second kappa shape index (κ2) is 10.7. The van der Waals surface area contributed by atoms with Gasteiger partial charge in [-0.2, -0.15) is 0 Å². The van der Waals surface area contributed by atoms with Crippen molar-refractivity contribution in [3.8, 4) is 22.3 Å². The summed E-state index contributed by atoms with van der Waals surface area (Å²) in [5.41, 5.74) is 7.38. The Kier molecular flexibility index (Phi) is 7.55. The van der Waals surface area contributed by atoms with Gasteiger partial charge in [0.25, 0.3) is 0 Å². The van der Waals surface area contributed by atoms with Crippen molar-refractivity contribution in [3.63, 3.8) is 0 Å². The van der Waals surface area contributed by atoms with Crippen LogP contribution in [0.15, 0.2) is 85.5 Å². The van der Waals surface area contributed by atoms with E-state index in [1.165, 1.54) is 40.7 Å². The summed E-state index contributed by atoms with van der Waals surface area (Å²) in [6.07, 6.45) is 5.98. The number of ether oxygens (including phenoxy) is 1. The van der Waals surface area contributed by atoms with E-state index in [0.29, 0.717) is 24.9 Å². The molecule has 3 aromatic carbocycles. The molecule has 1 saturated carbocycles. The molecule has 0 aliphatic heterocycles. The predicted octanol–water partition coefficient (Wildman–Crippen LogP) is 8.70. The van der Waals surface area contributed by atoms with Gasteiger partial charge in [-0.05, 0) is 70.9 Å². The molecule has 0 spiro atoms. The zero-order chi connectivity index (χ0) is 22.3. The van der Waals surface area contributed by atoms with Crippen molar-refractivity contribution >= 4 is 0 Å². The van der Waals surface area contributed by atoms with Crippen molar-refractivity contribution in [1.82, 2.24) is 0 Å². The number of rotatable bonds is 8. The zero-order valence-electron chi connectivity index (χ0n) is 19.0. The Labute approximate surface area is 192 Å². The fourth-order valence-corrected chi connectivity index (χ4v) is 4.75.